The number of nitrogens with two attached hydrogens (primary N) is 1. The Morgan fingerprint density at radius 3 is 2.57 bits per heavy atom. The summed E-state index contributed by atoms with van der Waals surface area (Å²) in [4.78, 5) is 0. The molecule has 0 heterocycles. The lowest BCUT2D eigenvalue weighted by Gasteiger charge is -2.03. The Labute approximate surface area is 86.2 Å². The minimum Gasteiger partial charge on any atom is -0.282 e. The van der Waals surface area contributed by atoms with Gasteiger partial charge in [-0.1, -0.05) is 31.2 Å². The predicted molar refractivity (Wildman–Crippen MR) is 61.2 cm³/mol. The summed E-state index contributed by atoms with van der Waals surface area (Å²) in [6.07, 6.45) is 3.26. The molecule has 0 unspecified atom stereocenters. The highest BCUT2D eigenvalue weighted by atomic mass is 14.9. The van der Waals surface area contributed by atoms with Crippen LogP contribution in [0, 0.1) is 0 Å². The zero-order valence-corrected chi connectivity index (χ0v) is 8.96. The molecule has 0 saturated carbocycles. The van der Waals surface area contributed by atoms with E-state index in [0.717, 1.165) is 12.1 Å². The molecule has 1 aromatic carbocycles. The third-order valence-electron chi connectivity index (χ3n) is 2.16. The molecule has 74 valence electrons. The van der Waals surface area contributed by atoms with Gasteiger partial charge in [-0.05, 0) is 32.1 Å². The molecular weight excluding hydrogens is 170 g/mol. The van der Waals surface area contributed by atoms with Crippen molar-refractivity contribution in [2.75, 3.05) is 0 Å². The van der Waals surface area contributed by atoms with E-state index in [1.165, 1.54) is 11.3 Å². The van der Waals surface area contributed by atoms with Gasteiger partial charge < -0.3 is 0 Å². The van der Waals surface area contributed by atoms with Crippen molar-refractivity contribution in [3.05, 3.63) is 54.3 Å². The van der Waals surface area contributed by atoms with Crippen LogP contribution in [-0.2, 0) is 0 Å². The summed E-state index contributed by atoms with van der Waals surface area (Å²) in [5, 5.41) is 2.11. The van der Waals surface area contributed by atoms with E-state index in [1.54, 1.807) is 0 Å². The lowest BCUT2D eigenvalue weighted by atomic mass is 10.2. The summed E-state index contributed by atoms with van der Waals surface area (Å²) < 4.78 is 0. The highest BCUT2D eigenvalue weighted by Crippen LogP contribution is 2.03. The second kappa shape index (κ2) is 5.40. The maximum atomic E-state index is 4.04. The Bertz CT molecular complexity index is 322. The Hall–Kier alpha value is -1.34. The number of benzene rings is 1. The summed E-state index contributed by atoms with van der Waals surface area (Å²) in [5.74, 6) is 0. The van der Waals surface area contributed by atoms with Gasteiger partial charge in [0.25, 0.3) is 0 Å². The fraction of sp³-hybridized carbons (Fsp3) is 0.231. The molecule has 0 bridgehead atoms. The number of quaternary nitrogens is 1. The molecule has 0 aliphatic rings. The first-order valence-corrected chi connectivity index (χ1v) is 5.00. The second-order valence-electron chi connectivity index (χ2n) is 3.38. The van der Waals surface area contributed by atoms with Gasteiger partial charge in [0.2, 0.25) is 0 Å². The zero-order chi connectivity index (χ0) is 10.4. The van der Waals surface area contributed by atoms with E-state index in [1.807, 2.05) is 18.2 Å². The number of hydrogen-bond acceptors (Lipinski definition) is 0. The van der Waals surface area contributed by atoms with Gasteiger partial charge >= 0.3 is 0 Å². The Morgan fingerprint density at radius 1 is 1.36 bits per heavy atom. The number of para-hydroxylation sites is 1. The highest BCUT2D eigenvalue weighted by molar-refractivity contribution is 5.30. The monoisotopic (exact) mass is 188 g/mol. The van der Waals surface area contributed by atoms with Gasteiger partial charge in [-0.3, -0.25) is 5.32 Å². The summed E-state index contributed by atoms with van der Waals surface area (Å²) in [7, 11) is 0. The van der Waals surface area contributed by atoms with Crippen LogP contribution in [-0.4, -0.2) is 0 Å². The lowest BCUT2D eigenvalue weighted by molar-refractivity contribution is -0.513. The molecule has 0 saturated heterocycles. The maximum Gasteiger partial charge on any atom is 0.134 e. The molecule has 0 spiro atoms. The van der Waals surface area contributed by atoms with Crippen LogP contribution >= 0.6 is 0 Å². The quantitative estimate of drug-likeness (QED) is 0.552. The molecule has 1 heteroatoms. The van der Waals surface area contributed by atoms with Crippen LogP contribution in [0.3, 0.4) is 0 Å². The van der Waals surface area contributed by atoms with Gasteiger partial charge in [0.1, 0.15) is 11.4 Å². The van der Waals surface area contributed by atoms with E-state index in [4.69, 9.17) is 0 Å². The standard InChI is InChI=1S/C13H17N/c1-4-8-11(2)12(3)14-13-9-6-5-7-10-13/h5-10,14H,3-4H2,1-2H3/p+1. The van der Waals surface area contributed by atoms with Crippen LogP contribution < -0.4 is 5.32 Å². The second-order valence-corrected chi connectivity index (χ2v) is 3.38. The number of allylic oxidation sites excluding steroid dienone is 2. The van der Waals surface area contributed by atoms with Crippen LogP contribution in [0.15, 0.2) is 54.3 Å². The van der Waals surface area contributed by atoms with E-state index in [2.05, 4.69) is 44.0 Å². The fourth-order valence-corrected chi connectivity index (χ4v) is 1.30. The van der Waals surface area contributed by atoms with Crippen molar-refractivity contribution in [2.24, 2.45) is 0 Å². The van der Waals surface area contributed by atoms with Crippen molar-refractivity contribution in [3.8, 4) is 0 Å². The van der Waals surface area contributed by atoms with Crippen molar-refractivity contribution in [2.45, 2.75) is 20.3 Å². The molecular formula is C13H18N+. The van der Waals surface area contributed by atoms with Crippen molar-refractivity contribution in [1.82, 2.24) is 0 Å². The number of rotatable bonds is 4. The zero-order valence-electron chi connectivity index (χ0n) is 8.96. The van der Waals surface area contributed by atoms with Gasteiger partial charge in [0.05, 0.1) is 0 Å². The maximum absolute atomic E-state index is 4.04. The van der Waals surface area contributed by atoms with Gasteiger partial charge in [0.15, 0.2) is 0 Å². The lowest BCUT2D eigenvalue weighted by Crippen LogP contribution is -2.75. The Balaban J connectivity index is 2.62. The minimum absolute atomic E-state index is 1.06. The molecule has 0 amide bonds. The topological polar surface area (TPSA) is 16.6 Å². The summed E-state index contributed by atoms with van der Waals surface area (Å²) in [6, 6.07) is 10.3. The molecule has 0 fully saturated rings. The average Bonchev–Trinajstić information content (AvgIpc) is 2.19. The first-order valence-electron chi connectivity index (χ1n) is 5.00. The molecule has 0 radical (unpaired) electrons. The van der Waals surface area contributed by atoms with E-state index in [9.17, 15) is 0 Å². The van der Waals surface area contributed by atoms with E-state index in [0.29, 0.717) is 0 Å². The molecule has 0 aromatic heterocycles. The van der Waals surface area contributed by atoms with Crippen LogP contribution in [0.5, 0.6) is 0 Å². The molecule has 0 aliphatic heterocycles. The molecule has 1 aromatic rings. The molecule has 0 aliphatic carbocycles. The van der Waals surface area contributed by atoms with E-state index in [-0.39, 0.29) is 0 Å². The van der Waals surface area contributed by atoms with Gasteiger partial charge in [0, 0.05) is 5.57 Å². The predicted octanol–water partition coefficient (Wildman–Crippen LogP) is 2.75. The van der Waals surface area contributed by atoms with Crippen molar-refractivity contribution >= 4 is 5.69 Å². The molecule has 1 rings (SSSR count). The molecule has 1 nitrogen and oxygen atoms in total. The summed E-state index contributed by atoms with van der Waals surface area (Å²) in [5.41, 5.74) is 3.57. The van der Waals surface area contributed by atoms with Gasteiger partial charge in [-0.2, -0.15) is 0 Å². The van der Waals surface area contributed by atoms with E-state index < -0.39 is 0 Å². The van der Waals surface area contributed by atoms with Crippen LogP contribution in [0.2, 0.25) is 0 Å². The Morgan fingerprint density at radius 2 is 2.00 bits per heavy atom. The first kappa shape index (κ1) is 10.7. The van der Waals surface area contributed by atoms with Crippen molar-refractivity contribution < 1.29 is 5.32 Å². The Kier molecular flexibility index (Phi) is 4.14. The average molecular weight is 188 g/mol. The van der Waals surface area contributed by atoms with Gasteiger partial charge in [-0.25, -0.2) is 0 Å². The molecule has 0 atom stereocenters. The summed E-state index contributed by atoms with van der Waals surface area (Å²) >= 11 is 0. The third-order valence-corrected chi connectivity index (χ3v) is 2.16. The van der Waals surface area contributed by atoms with Gasteiger partial charge in [-0.15, -0.1) is 0 Å². The van der Waals surface area contributed by atoms with Crippen LogP contribution in [0.4, 0.5) is 5.69 Å². The van der Waals surface area contributed by atoms with Crippen LogP contribution in [0.25, 0.3) is 0 Å². The fourth-order valence-electron chi connectivity index (χ4n) is 1.30. The minimum atomic E-state index is 1.06. The third kappa shape index (κ3) is 3.19. The molecule has 14 heavy (non-hydrogen) atoms. The van der Waals surface area contributed by atoms with E-state index >= 15 is 0 Å². The van der Waals surface area contributed by atoms with Crippen molar-refractivity contribution in [1.29, 1.82) is 0 Å². The highest BCUT2D eigenvalue weighted by Gasteiger charge is 2.01. The smallest absolute Gasteiger partial charge is 0.134 e. The number of hydrogen-bond donors (Lipinski definition) is 1. The van der Waals surface area contributed by atoms with Crippen LogP contribution in [0.1, 0.15) is 20.3 Å². The first-order chi connectivity index (χ1) is 6.74. The largest absolute Gasteiger partial charge is 0.282 e. The summed E-state index contributed by atoms with van der Waals surface area (Å²) in [6.45, 7) is 8.29. The SMILES string of the molecule is C=C([NH2+]c1ccccc1)C(C)=CCC. The normalized spacial score (nSPS) is 11.4. The van der Waals surface area contributed by atoms with Crippen molar-refractivity contribution in [3.63, 3.8) is 0 Å². The molecule has 2 N–H and O–H groups in total.